The standard InChI is InChI=1S/C28H35N7O3/c1-37-23-7-5-21(6-8-23)24-9-10-25(33-32-24)35-16-11-22(12-17-35)28(36)29-13-18-38-27-19-26(30-20-31-27)34-14-3-2-4-15-34/h5-10,19-20,22H,2-4,11-18H2,1H3,(H,29,36). The molecule has 0 saturated carbocycles. The van der Waals surface area contributed by atoms with Crippen molar-refractivity contribution in [3.8, 4) is 22.9 Å². The van der Waals surface area contributed by atoms with Crippen LogP contribution in [-0.2, 0) is 4.79 Å². The number of carbonyl (C=O) groups is 1. The van der Waals surface area contributed by atoms with Gasteiger partial charge in [-0.05, 0) is 68.5 Å². The number of rotatable bonds is 9. The third kappa shape index (κ3) is 6.48. The largest absolute Gasteiger partial charge is 0.497 e. The Labute approximate surface area is 223 Å². The Morgan fingerprint density at radius 3 is 2.39 bits per heavy atom. The van der Waals surface area contributed by atoms with Crippen molar-refractivity contribution < 1.29 is 14.3 Å². The van der Waals surface area contributed by atoms with Gasteiger partial charge in [0.15, 0.2) is 5.82 Å². The fraction of sp³-hybridized carbons (Fsp3) is 0.464. The second-order valence-electron chi connectivity index (χ2n) is 9.67. The van der Waals surface area contributed by atoms with E-state index in [2.05, 4.69) is 35.3 Å². The van der Waals surface area contributed by atoms with Crippen LogP contribution < -0.4 is 24.6 Å². The topological polar surface area (TPSA) is 106 Å². The Hall–Kier alpha value is -3.95. The molecule has 0 unspecified atom stereocenters. The Balaban J connectivity index is 1.03. The van der Waals surface area contributed by atoms with Crippen LogP contribution in [0, 0.1) is 5.92 Å². The number of hydrogen-bond acceptors (Lipinski definition) is 9. The summed E-state index contributed by atoms with van der Waals surface area (Å²) in [6.07, 6.45) is 6.75. The lowest BCUT2D eigenvalue weighted by Gasteiger charge is -2.31. The molecule has 0 radical (unpaired) electrons. The van der Waals surface area contributed by atoms with E-state index in [9.17, 15) is 4.79 Å². The van der Waals surface area contributed by atoms with Crippen LogP contribution in [0.15, 0.2) is 48.8 Å². The van der Waals surface area contributed by atoms with Gasteiger partial charge in [0.25, 0.3) is 0 Å². The van der Waals surface area contributed by atoms with Crippen molar-refractivity contribution in [1.29, 1.82) is 0 Å². The van der Waals surface area contributed by atoms with Crippen molar-refractivity contribution >= 4 is 17.5 Å². The summed E-state index contributed by atoms with van der Waals surface area (Å²) in [6, 6.07) is 13.6. The van der Waals surface area contributed by atoms with E-state index in [0.717, 1.165) is 67.7 Å². The van der Waals surface area contributed by atoms with E-state index in [0.29, 0.717) is 19.0 Å². The smallest absolute Gasteiger partial charge is 0.223 e. The number of piperidine rings is 2. The molecule has 5 rings (SSSR count). The van der Waals surface area contributed by atoms with E-state index in [1.165, 1.54) is 19.3 Å². The second kappa shape index (κ2) is 12.5. The Morgan fingerprint density at radius 1 is 0.921 bits per heavy atom. The molecule has 0 bridgehead atoms. The normalized spacial score (nSPS) is 16.2. The number of nitrogens with one attached hydrogen (secondary N) is 1. The second-order valence-corrected chi connectivity index (χ2v) is 9.67. The first-order valence-electron chi connectivity index (χ1n) is 13.4. The zero-order valence-electron chi connectivity index (χ0n) is 21.9. The summed E-state index contributed by atoms with van der Waals surface area (Å²) in [6.45, 7) is 4.40. The Bertz CT molecular complexity index is 1180. The highest BCUT2D eigenvalue weighted by Crippen LogP contribution is 2.25. The first kappa shape index (κ1) is 25.7. The molecule has 2 fully saturated rings. The van der Waals surface area contributed by atoms with Crippen molar-refractivity contribution in [1.82, 2.24) is 25.5 Å². The summed E-state index contributed by atoms with van der Waals surface area (Å²) in [7, 11) is 1.65. The molecule has 1 aromatic carbocycles. The van der Waals surface area contributed by atoms with Gasteiger partial charge in [0.2, 0.25) is 11.8 Å². The first-order chi connectivity index (χ1) is 18.7. The highest BCUT2D eigenvalue weighted by atomic mass is 16.5. The summed E-state index contributed by atoms with van der Waals surface area (Å²) in [5, 5.41) is 11.8. The van der Waals surface area contributed by atoms with Gasteiger partial charge in [-0.2, -0.15) is 0 Å². The zero-order chi connectivity index (χ0) is 26.2. The van der Waals surface area contributed by atoms with Gasteiger partial charge < -0.3 is 24.6 Å². The maximum Gasteiger partial charge on any atom is 0.223 e. The average molecular weight is 518 g/mol. The molecule has 38 heavy (non-hydrogen) atoms. The van der Waals surface area contributed by atoms with E-state index < -0.39 is 0 Å². The summed E-state index contributed by atoms with van der Waals surface area (Å²) in [5.74, 6) is 3.16. The monoisotopic (exact) mass is 517 g/mol. The summed E-state index contributed by atoms with van der Waals surface area (Å²) < 4.78 is 11.0. The number of nitrogens with zero attached hydrogens (tertiary/aromatic N) is 6. The van der Waals surface area contributed by atoms with E-state index >= 15 is 0 Å². The van der Waals surface area contributed by atoms with Crippen LogP contribution in [0.2, 0.25) is 0 Å². The van der Waals surface area contributed by atoms with Gasteiger partial charge in [0, 0.05) is 43.7 Å². The quantitative estimate of drug-likeness (QED) is 0.428. The van der Waals surface area contributed by atoms with Crippen LogP contribution in [0.4, 0.5) is 11.6 Å². The zero-order valence-corrected chi connectivity index (χ0v) is 21.9. The molecule has 2 aliphatic rings. The van der Waals surface area contributed by atoms with E-state index in [1.54, 1.807) is 13.4 Å². The third-order valence-electron chi connectivity index (χ3n) is 7.18. The maximum atomic E-state index is 12.7. The molecule has 1 amide bonds. The van der Waals surface area contributed by atoms with Crippen LogP contribution in [0.25, 0.3) is 11.3 Å². The Kier molecular flexibility index (Phi) is 8.47. The summed E-state index contributed by atoms with van der Waals surface area (Å²) in [4.78, 5) is 25.8. The summed E-state index contributed by atoms with van der Waals surface area (Å²) >= 11 is 0. The van der Waals surface area contributed by atoms with Gasteiger partial charge in [-0.1, -0.05) is 0 Å². The van der Waals surface area contributed by atoms with Crippen LogP contribution in [0.1, 0.15) is 32.1 Å². The molecule has 0 atom stereocenters. The lowest BCUT2D eigenvalue weighted by Crippen LogP contribution is -2.41. The predicted octanol–water partition coefficient (Wildman–Crippen LogP) is 3.34. The minimum Gasteiger partial charge on any atom is -0.497 e. The lowest BCUT2D eigenvalue weighted by molar-refractivity contribution is -0.125. The molecule has 0 aliphatic carbocycles. The first-order valence-corrected chi connectivity index (χ1v) is 13.4. The number of carbonyl (C=O) groups excluding carboxylic acids is 1. The number of benzene rings is 1. The van der Waals surface area contributed by atoms with Gasteiger partial charge in [-0.3, -0.25) is 4.79 Å². The van der Waals surface area contributed by atoms with Crippen molar-refractivity contribution in [2.24, 2.45) is 5.92 Å². The maximum absolute atomic E-state index is 12.7. The van der Waals surface area contributed by atoms with Crippen molar-refractivity contribution in [3.05, 3.63) is 48.8 Å². The van der Waals surface area contributed by atoms with Crippen LogP contribution in [0.3, 0.4) is 0 Å². The highest BCUT2D eigenvalue weighted by molar-refractivity contribution is 5.79. The molecule has 10 nitrogen and oxygen atoms in total. The molecular weight excluding hydrogens is 482 g/mol. The molecule has 4 heterocycles. The van der Waals surface area contributed by atoms with Gasteiger partial charge >= 0.3 is 0 Å². The van der Waals surface area contributed by atoms with Gasteiger partial charge in [-0.15, -0.1) is 10.2 Å². The molecule has 2 aromatic heterocycles. The number of amides is 1. The molecular formula is C28H35N7O3. The molecule has 0 spiro atoms. The molecule has 1 N–H and O–H groups in total. The van der Waals surface area contributed by atoms with Gasteiger partial charge in [0.05, 0.1) is 19.3 Å². The van der Waals surface area contributed by atoms with Crippen molar-refractivity contribution in [3.63, 3.8) is 0 Å². The minimum atomic E-state index is -0.0115. The number of hydrogen-bond donors (Lipinski definition) is 1. The van der Waals surface area contributed by atoms with Crippen LogP contribution in [-0.4, -0.2) is 72.5 Å². The highest BCUT2D eigenvalue weighted by Gasteiger charge is 2.25. The van der Waals surface area contributed by atoms with Gasteiger partial charge in [0.1, 0.15) is 24.5 Å². The van der Waals surface area contributed by atoms with Crippen LogP contribution >= 0.6 is 0 Å². The number of aromatic nitrogens is 4. The van der Waals surface area contributed by atoms with Gasteiger partial charge in [-0.25, -0.2) is 9.97 Å². The Morgan fingerprint density at radius 2 is 1.68 bits per heavy atom. The molecule has 2 aliphatic heterocycles. The minimum absolute atomic E-state index is 0.0115. The number of anilines is 2. The molecule has 200 valence electrons. The van der Waals surface area contributed by atoms with E-state index in [1.807, 2.05) is 42.5 Å². The molecule has 3 aromatic rings. The van der Waals surface area contributed by atoms with Crippen LogP contribution in [0.5, 0.6) is 11.6 Å². The lowest BCUT2D eigenvalue weighted by atomic mass is 9.96. The van der Waals surface area contributed by atoms with Crippen molar-refractivity contribution in [2.75, 3.05) is 56.2 Å². The SMILES string of the molecule is COc1ccc(-c2ccc(N3CCC(C(=O)NCCOc4cc(N5CCCCC5)ncn4)CC3)nn2)cc1. The molecule has 10 heteroatoms. The van der Waals surface area contributed by atoms with Crippen molar-refractivity contribution in [2.45, 2.75) is 32.1 Å². The van der Waals surface area contributed by atoms with E-state index in [-0.39, 0.29) is 11.8 Å². The van der Waals surface area contributed by atoms with E-state index in [4.69, 9.17) is 9.47 Å². The fourth-order valence-electron chi connectivity index (χ4n) is 4.96. The average Bonchev–Trinajstić information content (AvgIpc) is 3.00. The third-order valence-corrected chi connectivity index (χ3v) is 7.18. The molecule has 2 saturated heterocycles. The fourth-order valence-corrected chi connectivity index (χ4v) is 4.96. The number of ether oxygens (including phenoxy) is 2. The number of methoxy groups -OCH3 is 1. The summed E-state index contributed by atoms with van der Waals surface area (Å²) in [5.41, 5.74) is 1.81. The predicted molar refractivity (Wildman–Crippen MR) is 146 cm³/mol.